The van der Waals surface area contributed by atoms with Gasteiger partial charge >= 0.3 is 0 Å². The fraction of sp³-hybridized carbons (Fsp3) is 0.533. The highest BCUT2D eigenvalue weighted by atomic mass is 16.2. The molecule has 0 aromatic heterocycles. The smallest absolute Gasteiger partial charge is 0.236 e. The summed E-state index contributed by atoms with van der Waals surface area (Å²) in [6.07, 6.45) is 1.82. The van der Waals surface area contributed by atoms with Gasteiger partial charge in [0.05, 0.1) is 6.04 Å². The summed E-state index contributed by atoms with van der Waals surface area (Å²) in [5, 5.41) is 6.06. The van der Waals surface area contributed by atoms with Crippen LogP contribution in [0.3, 0.4) is 0 Å². The van der Waals surface area contributed by atoms with E-state index in [9.17, 15) is 4.79 Å². The molecule has 3 heteroatoms. The van der Waals surface area contributed by atoms with Crippen molar-refractivity contribution in [1.82, 2.24) is 10.6 Å². The molecule has 0 heterocycles. The second-order valence-electron chi connectivity index (χ2n) is 4.99. The van der Waals surface area contributed by atoms with Crippen LogP contribution < -0.4 is 10.6 Å². The van der Waals surface area contributed by atoms with Crippen LogP contribution in [0.1, 0.15) is 25.8 Å². The third kappa shape index (κ3) is 5.32. The summed E-state index contributed by atoms with van der Waals surface area (Å²) >= 11 is 0. The first-order valence-electron chi connectivity index (χ1n) is 6.62. The fourth-order valence-electron chi connectivity index (χ4n) is 1.96. The molecule has 0 aliphatic rings. The maximum absolute atomic E-state index is 11.7. The zero-order valence-corrected chi connectivity index (χ0v) is 11.6. The summed E-state index contributed by atoms with van der Waals surface area (Å²) in [4.78, 5) is 11.7. The first-order valence-corrected chi connectivity index (χ1v) is 6.62. The standard InChI is InChI=1S/C15H24N2O/c1-12(2)11-14(15(18)16-3)17-10-9-13-7-5-4-6-8-13/h4-8,12,14,17H,9-11H2,1-3H3,(H,16,18). The topological polar surface area (TPSA) is 41.1 Å². The minimum Gasteiger partial charge on any atom is -0.358 e. The number of hydrogen-bond donors (Lipinski definition) is 2. The molecule has 0 saturated carbocycles. The number of carbonyl (C=O) groups is 1. The van der Waals surface area contributed by atoms with E-state index in [2.05, 4.69) is 36.6 Å². The van der Waals surface area contributed by atoms with Gasteiger partial charge in [-0.3, -0.25) is 4.79 Å². The summed E-state index contributed by atoms with van der Waals surface area (Å²) in [5.41, 5.74) is 1.30. The first-order chi connectivity index (χ1) is 8.63. The number of benzene rings is 1. The van der Waals surface area contributed by atoms with Crippen molar-refractivity contribution in [2.45, 2.75) is 32.7 Å². The normalized spacial score (nSPS) is 12.4. The van der Waals surface area contributed by atoms with E-state index < -0.39 is 0 Å². The number of hydrogen-bond acceptors (Lipinski definition) is 2. The van der Waals surface area contributed by atoms with Crippen LogP contribution in [0.25, 0.3) is 0 Å². The van der Waals surface area contributed by atoms with Gasteiger partial charge in [0.1, 0.15) is 0 Å². The highest BCUT2D eigenvalue weighted by Gasteiger charge is 2.17. The molecule has 0 radical (unpaired) electrons. The Kier molecular flexibility index (Phi) is 6.44. The molecule has 2 N–H and O–H groups in total. The van der Waals surface area contributed by atoms with E-state index in [1.54, 1.807) is 7.05 Å². The minimum atomic E-state index is -0.0845. The van der Waals surface area contributed by atoms with Crippen LogP contribution in [0.4, 0.5) is 0 Å². The van der Waals surface area contributed by atoms with Crippen LogP contribution >= 0.6 is 0 Å². The molecular weight excluding hydrogens is 224 g/mol. The van der Waals surface area contributed by atoms with Gasteiger partial charge in [-0.2, -0.15) is 0 Å². The third-order valence-electron chi connectivity index (χ3n) is 2.92. The lowest BCUT2D eigenvalue weighted by Crippen LogP contribution is -2.44. The highest BCUT2D eigenvalue weighted by Crippen LogP contribution is 2.05. The van der Waals surface area contributed by atoms with Crippen molar-refractivity contribution in [3.63, 3.8) is 0 Å². The molecule has 0 bridgehead atoms. The molecule has 0 saturated heterocycles. The molecule has 0 aliphatic heterocycles. The Morgan fingerprint density at radius 2 is 1.89 bits per heavy atom. The Morgan fingerprint density at radius 1 is 1.22 bits per heavy atom. The van der Waals surface area contributed by atoms with Crippen LogP contribution in [0.5, 0.6) is 0 Å². The molecule has 1 rings (SSSR count). The number of nitrogens with one attached hydrogen (secondary N) is 2. The molecule has 1 aromatic rings. The molecule has 100 valence electrons. The Hall–Kier alpha value is -1.35. The summed E-state index contributed by atoms with van der Waals surface area (Å²) in [6, 6.07) is 10.2. The fourth-order valence-corrected chi connectivity index (χ4v) is 1.96. The third-order valence-corrected chi connectivity index (χ3v) is 2.92. The molecule has 1 amide bonds. The zero-order chi connectivity index (χ0) is 13.4. The van der Waals surface area contributed by atoms with Gasteiger partial charge in [-0.15, -0.1) is 0 Å². The molecule has 1 aromatic carbocycles. The predicted molar refractivity (Wildman–Crippen MR) is 75.5 cm³/mol. The van der Waals surface area contributed by atoms with E-state index in [-0.39, 0.29) is 11.9 Å². The van der Waals surface area contributed by atoms with Gasteiger partial charge in [-0.1, -0.05) is 44.2 Å². The number of rotatable bonds is 7. The second kappa shape index (κ2) is 7.88. The van der Waals surface area contributed by atoms with Gasteiger partial charge in [0.25, 0.3) is 0 Å². The average molecular weight is 248 g/mol. The molecular formula is C15H24N2O. The second-order valence-corrected chi connectivity index (χ2v) is 4.99. The van der Waals surface area contributed by atoms with Crippen molar-refractivity contribution in [2.24, 2.45) is 5.92 Å². The largest absolute Gasteiger partial charge is 0.358 e. The van der Waals surface area contributed by atoms with Gasteiger partial charge in [0, 0.05) is 7.05 Å². The van der Waals surface area contributed by atoms with E-state index in [0.717, 1.165) is 19.4 Å². The SMILES string of the molecule is CNC(=O)C(CC(C)C)NCCc1ccccc1. The van der Waals surface area contributed by atoms with E-state index >= 15 is 0 Å². The predicted octanol–water partition coefficient (Wildman–Crippen LogP) is 1.98. The maximum Gasteiger partial charge on any atom is 0.236 e. The van der Waals surface area contributed by atoms with Gasteiger partial charge in [0.15, 0.2) is 0 Å². The number of carbonyl (C=O) groups excluding carboxylic acids is 1. The van der Waals surface area contributed by atoms with Crippen LogP contribution in [0, 0.1) is 5.92 Å². The lowest BCUT2D eigenvalue weighted by molar-refractivity contribution is -0.123. The summed E-state index contributed by atoms with van der Waals surface area (Å²) in [7, 11) is 1.69. The molecule has 18 heavy (non-hydrogen) atoms. The van der Waals surface area contributed by atoms with Gasteiger partial charge in [-0.05, 0) is 30.9 Å². The average Bonchev–Trinajstić information content (AvgIpc) is 2.37. The quantitative estimate of drug-likeness (QED) is 0.774. The molecule has 0 aliphatic carbocycles. The first kappa shape index (κ1) is 14.7. The zero-order valence-electron chi connectivity index (χ0n) is 11.6. The van der Waals surface area contributed by atoms with Gasteiger partial charge in [-0.25, -0.2) is 0 Å². The number of amides is 1. The van der Waals surface area contributed by atoms with Crippen molar-refractivity contribution in [3.05, 3.63) is 35.9 Å². The van der Waals surface area contributed by atoms with Crippen LogP contribution in [-0.2, 0) is 11.2 Å². The van der Waals surface area contributed by atoms with Crippen molar-refractivity contribution < 1.29 is 4.79 Å². The van der Waals surface area contributed by atoms with Crippen molar-refractivity contribution in [3.8, 4) is 0 Å². The summed E-state index contributed by atoms with van der Waals surface area (Å²) in [6.45, 7) is 5.10. The molecule has 1 unspecified atom stereocenters. The van der Waals surface area contributed by atoms with Crippen LogP contribution in [0.2, 0.25) is 0 Å². The Balaban J connectivity index is 2.40. The van der Waals surface area contributed by atoms with Crippen molar-refractivity contribution in [2.75, 3.05) is 13.6 Å². The molecule has 0 spiro atoms. The Morgan fingerprint density at radius 3 is 2.44 bits per heavy atom. The van der Waals surface area contributed by atoms with Crippen LogP contribution in [-0.4, -0.2) is 25.5 Å². The lowest BCUT2D eigenvalue weighted by Gasteiger charge is -2.19. The summed E-state index contributed by atoms with van der Waals surface area (Å²) in [5.74, 6) is 0.591. The van der Waals surface area contributed by atoms with Gasteiger partial charge < -0.3 is 10.6 Å². The van der Waals surface area contributed by atoms with E-state index in [1.165, 1.54) is 5.56 Å². The van der Waals surface area contributed by atoms with E-state index in [0.29, 0.717) is 5.92 Å². The summed E-state index contributed by atoms with van der Waals surface area (Å²) < 4.78 is 0. The van der Waals surface area contributed by atoms with E-state index in [1.807, 2.05) is 18.2 Å². The Labute approximate surface area is 110 Å². The minimum absolute atomic E-state index is 0.0803. The molecule has 1 atom stereocenters. The molecule has 3 nitrogen and oxygen atoms in total. The highest BCUT2D eigenvalue weighted by molar-refractivity contribution is 5.81. The van der Waals surface area contributed by atoms with Crippen LogP contribution in [0.15, 0.2) is 30.3 Å². The van der Waals surface area contributed by atoms with E-state index in [4.69, 9.17) is 0 Å². The Bertz CT molecular complexity index is 349. The molecule has 0 fully saturated rings. The number of likely N-dealkylation sites (N-methyl/N-ethyl adjacent to an activating group) is 1. The van der Waals surface area contributed by atoms with Gasteiger partial charge in [0.2, 0.25) is 5.91 Å². The van der Waals surface area contributed by atoms with Crippen molar-refractivity contribution >= 4 is 5.91 Å². The lowest BCUT2D eigenvalue weighted by atomic mass is 10.0. The van der Waals surface area contributed by atoms with Crippen molar-refractivity contribution in [1.29, 1.82) is 0 Å². The monoisotopic (exact) mass is 248 g/mol. The maximum atomic E-state index is 11.7.